The highest BCUT2D eigenvalue weighted by Gasteiger charge is 2.02. The fraction of sp³-hybridized carbons (Fsp3) is 0.821. The Kier molecular flexibility index (Phi) is 41.4. The number of carbonyl (C=O) groups excluding carboxylic acids is 1. The number of rotatable bonds is 45. The lowest BCUT2D eigenvalue weighted by atomic mass is 10.2. The van der Waals surface area contributed by atoms with E-state index in [4.69, 9.17) is 66.3 Å². The van der Waals surface area contributed by atoms with E-state index >= 15 is 0 Å². The Labute approximate surface area is 329 Å². The molecular weight excluding hydrogens is 722 g/mol. The maximum Gasteiger partial charge on any atom is 0.407 e. The molecule has 0 aliphatic carbocycles. The maximum absolute atomic E-state index is 11.7. The van der Waals surface area contributed by atoms with Crippen LogP contribution < -0.4 is 5.32 Å². The van der Waals surface area contributed by atoms with Gasteiger partial charge in [0.1, 0.15) is 6.61 Å². The van der Waals surface area contributed by atoms with Crippen LogP contribution >= 0.6 is 0 Å². The highest BCUT2D eigenvalue weighted by atomic mass is 16.6. The van der Waals surface area contributed by atoms with Crippen molar-refractivity contribution in [2.75, 3.05) is 178 Å². The highest BCUT2D eigenvalue weighted by molar-refractivity contribution is 5.67. The summed E-state index contributed by atoms with van der Waals surface area (Å²) in [6.07, 6.45) is 3.06. The molecule has 16 heteroatoms. The average Bonchev–Trinajstić information content (AvgIpc) is 3.20. The Bertz CT molecular complexity index is 890. The molecule has 0 aliphatic heterocycles. The zero-order valence-corrected chi connectivity index (χ0v) is 33.4. The van der Waals surface area contributed by atoms with Crippen molar-refractivity contribution in [3.05, 3.63) is 35.9 Å². The molecule has 0 heterocycles. The molecule has 1 amide bonds. The monoisotopic (exact) mass is 793 g/mol. The van der Waals surface area contributed by atoms with E-state index in [0.717, 1.165) is 18.6 Å². The van der Waals surface area contributed by atoms with Gasteiger partial charge in [-0.15, -0.1) is 0 Å². The van der Waals surface area contributed by atoms with Crippen molar-refractivity contribution in [3.63, 3.8) is 0 Å². The third kappa shape index (κ3) is 41.4. The number of alkyl carbamates (subject to hydrolysis) is 1. The van der Waals surface area contributed by atoms with E-state index in [1.165, 1.54) is 12.8 Å². The van der Waals surface area contributed by atoms with Crippen molar-refractivity contribution in [2.24, 2.45) is 0 Å². The maximum atomic E-state index is 11.7. The molecule has 1 aromatic carbocycles. The molecule has 0 fully saturated rings. The van der Waals surface area contributed by atoms with E-state index < -0.39 is 6.09 Å². The van der Waals surface area contributed by atoms with Gasteiger partial charge in [0, 0.05) is 13.2 Å². The van der Waals surface area contributed by atoms with Crippen LogP contribution in [0.2, 0.25) is 0 Å². The van der Waals surface area contributed by atoms with E-state index in [1.54, 1.807) is 0 Å². The van der Waals surface area contributed by atoms with E-state index in [-0.39, 0.29) is 6.61 Å². The standard InChI is InChI=1S/C39H71NO15/c1-2-3-7-11-42-13-15-44-17-19-46-21-23-48-25-27-50-29-31-52-33-35-54-36-34-53-32-30-51-28-26-49-24-22-47-20-18-45-16-14-43-12-10-40-39(41)55-37-38-8-5-4-6-9-38/h4-6,8-9H,2-3,7,10-37H2,1H3,(H,40,41). The van der Waals surface area contributed by atoms with Gasteiger partial charge in [-0.1, -0.05) is 50.1 Å². The number of nitrogens with one attached hydrogen (secondary N) is 1. The van der Waals surface area contributed by atoms with Gasteiger partial charge in [-0.3, -0.25) is 0 Å². The van der Waals surface area contributed by atoms with Gasteiger partial charge in [-0.05, 0) is 12.0 Å². The Hall–Kier alpha value is -2.03. The topological polar surface area (TPSA) is 158 Å². The molecule has 55 heavy (non-hydrogen) atoms. The fourth-order valence-corrected chi connectivity index (χ4v) is 4.19. The van der Waals surface area contributed by atoms with Crippen LogP contribution in [0.25, 0.3) is 0 Å². The van der Waals surface area contributed by atoms with Crippen LogP contribution in [-0.2, 0) is 72.9 Å². The molecule has 0 unspecified atom stereocenters. The lowest BCUT2D eigenvalue weighted by molar-refractivity contribution is -0.0290. The van der Waals surface area contributed by atoms with Crippen LogP contribution in [0.4, 0.5) is 4.79 Å². The van der Waals surface area contributed by atoms with Gasteiger partial charge in [0.15, 0.2) is 0 Å². The van der Waals surface area contributed by atoms with Crippen LogP contribution in [0, 0.1) is 0 Å². The number of hydrogen-bond acceptors (Lipinski definition) is 15. The number of amides is 1. The third-order valence-corrected chi connectivity index (χ3v) is 7.08. The highest BCUT2D eigenvalue weighted by Crippen LogP contribution is 2.00. The van der Waals surface area contributed by atoms with Gasteiger partial charge >= 0.3 is 6.09 Å². The summed E-state index contributed by atoms with van der Waals surface area (Å²) in [6, 6.07) is 9.51. The molecule has 16 nitrogen and oxygen atoms in total. The van der Waals surface area contributed by atoms with Crippen molar-refractivity contribution in [3.8, 4) is 0 Å². The van der Waals surface area contributed by atoms with Crippen molar-refractivity contribution in [1.82, 2.24) is 5.32 Å². The molecule has 322 valence electrons. The van der Waals surface area contributed by atoms with Gasteiger partial charge in [-0.25, -0.2) is 4.79 Å². The molecule has 0 aliphatic rings. The Balaban J connectivity index is 1.62. The van der Waals surface area contributed by atoms with Crippen molar-refractivity contribution >= 4 is 6.09 Å². The molecule has 0 saturated carbocycles. The Morgan fingerprint density at radius 2 is 0.691 bits per heavy atom. The van der Waals surface area contributed by atoms with E-state index in [0.29, 0.717) is 172 Å². The second-order valence-electron chi connectivity index (χ2n) is 11.7. The molecule has 0 bridgehead atoms. The first-order valence-electron chi connectivity index (χ1n) is 19.8. The predicted octanol–water partition coefficient (Wildman–Crippen LogP) is 3.32. The van der Waals surface area contributed by atoms with E-state index in [1.807, 2.05) is 30.3 Å². The van der Waals surface area contributed by atoms with Crippen molar-refractivity contribution in [1.29, 1.82) is 0 Å². The first kappa shape index (κ1) is 51.0. The third-order valence-electron chi connectivity index (χ3n) is 7.08. The molecule has 1 N–H and O–H groups in total. The van der Waals surface area contributed by atoms with Crippen LogP contribution in [0.1, 0.15) is 31.7 Å². The van der Waals surface area contributed by atoms with E-state index in [2.05, 4.69) is 12.2 Å². The molecule has 0 radical (unpaired) electrons. The van der Waals surface area contributed by atoms with Crippen molar-refractivity contribution < 1.29 is 71.1 Å². The number of hydrogen-bond donors (Lipinski definition) is 1. The second-order valence-corrected chi connectivity index (χ2v) is 11.7. The molecule has 0 spiro atoms. The minimum absolute atomic E-state index is 0.236. The number of unbranched alkanes of at least 4 members (excludes halogenated alkanes) is 2. The Morgan fingerprint density at radius 3 is 1.00 bits per heavy atom. The summed E-state index contributed by atoms with van der Waals surface area (Å²) < 4.78 is 76.4. The predicted molar refractivity (Wildman–Crippen MR) is 205 cm³/mol. The second kappa shape index (κ2) is 44.7. The minimum atomic E-state index is -0.470. The molecular formula is C39H71NO15. The normalized spacial score (nSPS) is 11.4. The van der Waals surface area contributed by atoms with Crippen LogP contribution in [0.3, 0.4) is 0 Å². The SMILES string of the molecule is CCCCCOCCOCCOCCOCCOCCOCCOCCOCCOCCOCCOCCOCCOCCNC(=O)OCc1ccccc1. The van der Waals surface area contributed by atoms with Gasteiger partial charge in [0.05, 0.1) is 165 Å². The van der Waals surface area contributed by atoms with Gasteiger partial charge in [0.25, 0.3) is 0 Å². The summed E-state index contributed by atoms with van der Waals surface area (Å²) in [6.45, 7) is 16.2. The lowest BCUT2D eigenvalue weighted by Gasteiger charge is -2.09. The largest absolute Gasteiger partial charge is 0.445 e. The fourth-order valence-electron chi connectivity index (χ4n) is 4.19. The smallest absolute Gasteiger partial charge is 0.407 e. The zero-order valence-electron chi connectivity index (χ0n) is 33.4. The first-order valence-corrected chi connectivity index (χ1v) is 19.8. The van der Waals surface area contributed by atoms with Gasteiger partial charge < -0.3 is 71.6 Å². The quantitative estimate of drug-likeness (QED) is 0.0959. The zero-order chi connectivity index (χ0) is 39.2. The lowest BCUT2D eigenvalue weighted by Crippen LogP contribution is -2.28. The summed E-state index contributed by atoms with van der Waals surface area (Å²) in [7, 11) is 0. The van der Waals surface area contributed by atoms with Crippen LogP contribution in [0.5, 0.6) is 0 Å². The summed E-state index contributed by atoms with van der Waals surface area (Å²) >= 11 is 0. The van der Waals surface area contributed by atoms with Gasteiger partial charge in [-0.2, -0.15) is 0 Å². The molecule has 0 saturated heterocycles. The summed E-state index contributed by atoms with van der Waals surface area (Å²) in [5.74, 6) is 0. The molecule has 0 atom stereocenters. The number of carbonyl (C=O) groups is 1. The average molecular weight is 794 g/mol. The Morgan fingerprint density at radius 1 is 0.400 bits per heavy atom. The summed E-state index contributed by atoms with van der Waals surface area (Å²) in [5, 5.41) is 2.64. The number of benzene rings is 1. The van der Waals surface area contributed by atoms with Crippen molar-refractivity contribution in [2.45, 2.75) is 32.8 Å². The van der Waals surface area contributed by atoms with Crippen LogP contribution in [-0.4, -0.2) is 184 Å². The minimum Gasteiger partial charge on any atom is -0.445 e. The molecule has 1 aromatic rings. The summed E-state index contributed by atoms with van der Waals surface area (Å²) in [4.78, 5) is 11.7. The summed E-state index contributed by atoms with van der Waals surface area (Å²) in [5.41, 5.74) is 0.937. The molecule has 0 aromatic heterocycles. The first-order chi connectivity index (χ1) is 27.3. The molecule has 1 rings (SSSR count). The van der Waals surface area contributed by atoms with Crippen LogP contribution in [0.15, 0.2) is 30.3 Å². The number of ether oxygens (including phenoxy) is 14. The van der Waals surface area contributed by atoms with Gasteiger partial charge in [0.2, 0.25) is 0 Å². The van der Waals surface area contributed by atoms with E-state index in [9.17, 15) is 4.79 Å².